The van der Waals surface area contributed by atoms with E-state index in [-0.39, 0.29) is 17.9 Å². The molecule has 6 heteroatoms. The SMILES string of the molecule is COc1cncc(-c2c[nH]c(=O)c([C@@]3(F)CCOC[C@@H]3C)c2)c1. The number of nitrogens with one attached hydrogen (secondary N) is 1. The van der Waals surface area contributed by atoms with Gasteiger partial charge in [0.05, 0.1) is 25.5 Å². The van der Waals surface area contributed by atoms with Gasteiger partial charge >= 0.3 is 0 Å². The highest BCUT2D eigenvalue weighted by atomic mass is 19.1. The lowest BCUT2D eigenvalue weighted by atomic mass is 9.80. The van der Waals surface area contributed by atoms with E-state index < -0.39 is 11.2 Å². The first-order valence-corrected chi connectivity index (χ1v) is 7.54. The molecule has 0 amide bonds. The Morgan fingerprint density at radius 3 is 2.96 bits per heavy atom. The molecule has 0 radical (unpaired) electrons. The van der Waals surface area contributed by atoms with Crippen LogP contribution < -0.4 is 10.3 Å². The first-order valence-electron chi connectivity index (χ1n) is 7.54. The van der Waals surface area contributed by atoms with Crippen LogP contribution in [0.1, 0.15) is 18.9 Å². The fraction of sp³-hybridized carbons (Fsp3) is 0.412. The molecule has 1 saturated heterocycles. The van der Waals surface area contributed by atoms with E-state index in [0.717, 1.165) is 5.56 Å². The highest BCUT2D eigenvalue weighted by molar-refractivity contribution is 5.63. The molecule has 3 rings (SSSR count). The molecule has 3 heterocycles. The van der Waals surface area contributed by atoms with Crippen molar-refractivity contribution in [3.05, 3.63) is 46.6 Å². The number of hydrogen-bond donors (Lipinski definition) is 1. The largest absolute Gasteiger partial charge is 0.495 e. The molecule has 0 aliphatic carbocycles. The lowest BCUT2D eigenvalue weighted by Crippen LogP contribution is -2.41. The number of H-pyrrole nitrogens is 1. The molecule has 0 unspecified atom stereocenters. The van der Waals surface area contributed by atoms with Crippen LogP contribution in [0.15, 0.2) is 35.5 Å². The maximum atomic E-state index is 15.5. The molecule has 2 aromatic heterocycles. The molecule has 2 atom stereocenters. The van der Waals surface area contributed by atoms with Gasteiger partial charge < -0.3 is 14.5 Å². The van der Waals surface area contributed by atoms with Crippen LogP contribution in [0.4, 0.5) is 4.39 Å². The Bertz CT molecular complexity index is 761. The third-order valence-electron chi connectivity index (χ3n) is 4.39. The van der Waals surface area contributed by atoms with Gasteiger partial charge in [-0.1, -0.05) is 6.92 Å². The van der Waals surface area contributed by atoms with E-state index in [9.17, 15) is 4.79 Å². The van der Waals surface area contributed by atoms with Gasteiger partial charge in [0.1, 0.15) is 11.4 Å². The Hall–Kier alpha value is -2.21. The van der Waals surface area contributed by atoms with E-state index >= 15 is 4.39 Å². The van der Waals surface area contributed by atoms with Gasteiger partial charge in [0.25, 0.3) is 5.56 Å². The lowest BCUT2D eigenvalue weighted by Gasteiger charge is -2.35. The smallest absolute Gasteiger partial charge is 0.254 e. The van der Waals surface area contributed by atoms with Gasteiger partial charge in [-0.05, 0) is 12.1 Å². The Morgan fingerprint density at radius 2 is 2.22 bits per heavy atom. The first kappa shape index (κ1) is 15.7. The van der Waals surface area contributed by atoms with Crippen LogP contribution >= 0.6 is 0 Å². The summed E-state index contributed by atoms with van der Waals surface area (Å²) in [6.45, 7) is 2.38. The van der Waals surface area contributed by atoms with Crippen molar-refractivity contribution in [1.82, 2.24) is 9.97 Å². The number of pyridine rings is 2. The number of rotatable bonds is 3. The Morgan fingerprint density at radius 1 is 1.39 bits per heavy atom. The molecule has 0 spiro atoms. The van der Waals surface area contributed by atoms with Gasteiger partial charge in [-0.3, -0.25) is 9.78 Å². The molecule has 1 fully saturated rings. The summed E-state index contributed by atoms with van der Waals surface area (Å²) in [6, 6.07) is 3.40. The average molecular weight is 318 g/mol. The maximum absolute atomic E-state index is 15.5. The second-order valence-electron chi connectivity index (χ2n) is 5.83. The highest BCUT2D eigenvalue weighted by Crippen LogP contribution is 2.39. The molecule has 0 aromatic carbocycles. The quantitative estimate of drug-likeness (QED) is 0.945. The van der Waals surface area contributed by atoms with Crippen molar-refractivity contribution < 1.29 is 13.9 Å². The number of halogens is 1. The van der Waals surface area contributed by atoms with Crippen molar-refractivity contribution in [2.75, 3.05) is 20.3 Å². The summed E-state index contributed by atoms with van der Waals surface area (Å²) in [5.74, 6) is 0.223. The molecule has 1 N–H and O–H groups in total. The molecular formula is C17H19FN2O3. The number of nitrogens with zero attached hydrogens (tertiary/aromatic N) is 1. The number of alkyl halides is 1. The molecule has 122 valence electrons. The topological polar surface area (TPSA) is 64.2 Å². The van der Waals surface area contributed by atoms with E-state index in [1.807, 2.05) is 0 Å². The summed E-state index contributed by atoms with van der Waals surface area (Å²) in [5, 5.41) is 0. The maximum Gasteiger partial charge on any atom is 0.254 e. The number of aromatic amines is 1. The number of ether oxygens (including phenoxy) is 2. The van der Waals surface area contributed by atoms with E-state index in [0.29, 0.717) is 24.5 Å². The molecule has 0 saturated carbocycles. The van der Waals surface area contributed by atoms with E-state index in [1.165, 1.54) is 0 Å². The van der Waals surface area contributed by atoms with Crippen LogP contribution in [-0.4, -0.2) is 30.3 Å². The van der Waals surface area contributed by atoms with Crippen molar-refractivity contribution in [1.29, 1.82) is 0 Å². The van der Waals surface area contributed by atoms with Crippen LogP contribution in [0, 0.1) is 5.92 Å². The monoisotopic (exact) mass is 318 g/mol. The summed E-state index contributed by atoms with van der Waals surface area (Å²) in [7, 11) is 1.55. The molecule has 0 bridgehead atoms. The second kappa shape index (κ2) is 6.12. The van der Waals surface area contributed by atoms with Gasteiger partial charge in [0, 0.05) is 42.5 Å². The Labute approximate surface area is 133 Å². The van der Waals surface area contributed by atoms with Gasteiger partial charge in [-0.2, -0.15) is 0 Å². The van der Waals surface area contributed by atoms with Crippen molar-refractivity contribution >= 4 is 0 Å². The lowest BCUT2D eigenvalue weighted by molar-refractivity contribution is -0.0593. The third kappa shape index (κ3) is 2.86. The van der Waals surface area contributed by atoms with Crippen LogP contribution in [-0.2, 0) is 10.4 Å². The van der Waals surface area contributed by atoms with Crippen LogP contribution in [0.2, 0.25) is 0 Å². The zero-order valence-corrected chi connectivity index (χ0v) is 13.1. The van der Waals surface area contributed by atoms with Gasteiger partial charge in [0.15, 0.2) is 0 Å². The zero-order chi connectivity index (χ0) is 16.4. The average Bonchev–Trinajstić information content (AvgIpc) is 2.58. The van der Waals surface area contributed by atoms with Crippen molar-refractivity contribution in [2.45, 2.75) is 19.0 Å². The fourth-order valence-corrected chi connectivity index (χ4v) is 2.91. The standard InChI is InChI=1S/C17H19FN2O3/c1-11-10-23-4-3-17(11,18)15-6-13(8-20-16(15)21)12-5-14(22-2)9-19-7-12/h5-9,11H,3-4,10H2,1-2H3,(H,20,21)/t11-,17+/m0/s1. The van der Waals surface area contributed by atoms with E-state index in [4.69, 9.17) is 9.47 Å². The van der Waals surface area contributed by atoms with Gasteiger partial charge in [-0.25, -0.2) is 4.39 Å². The molecule has 1 aliphatic rings. The normalized spacial score (nSPS) is 24.4. The summed E-state index contributed by atoms with van der Waals surface area (Å²) in [6.07, 6.45) is 4.98. The van der Waals surface area contributed by atoms with Crippen molar-refractivity contribution in [3.8, 4) is 16.9 Å². The van der Waals surface area contributed by atoms with Gasteiger partial charge in [0.2, 0.25) is 0 Å². The Kier molecular flexibility index (Phi) is 4.17. The van der Waals surface area contributed by atoms with Crippen LogP contribution in [0.25, 0.3) is 11.1 Å². The third-order valence-corrected chi connectivity index (χ3v) is 4.39. The Balaban J connectivity index is 2.07. The second-order valence-corrected chi connectivity index (χ2v) is 5.83. The first-order chi connectivity index (χ1) is 11.0. The predicted molar refractivity (Wildman–Crippen MR) is 84.2 cm³/mol. The number of aromatic nitrogens is 2. The summed E-state index contributed by atoms with van der Waals surface area (Å²) < 4.78 is 25.9. The number of methoxy groups -OCH3 is 1. The minimum absolute atomic E-state index is 0.147. The van der Waals surface area contributed by atoms with E-state index in [1.54, 1.807) is 44.8 Å². The summed E-state index contributed by atoms with van der Waals surface area (Å²) in [4.78, 5) is 18.9. The van der Waals surface area contributed by atoms with Gasteiger partial charge in [-0.15, -0.1) is 0 Å². The molecule has 2 aromatic rings. The highest BCUT2D eigenvalue weighted by Gasteiger charge is 2.42. The minimum Gasteiger partial charge on any atom is -0.495 e. The van der Waals surface area contributed by atoms with Crippen molar-refractivity contribution in [2.24, 2.45) is 5.92 Å². The molecule has 5 nitrogen and oxygen atoms in total. The molecule has 1 aliphatic heterocycles. The summed E-state index contributed by atoms with van der Waals surface area (Å²) in [5.41, 5.74) is -0.491. The zero-order valence-electron chi connectivity index (χ0n) is 13.1. The number of hydrogen-bond acceptors (Lipinski definition) is 4. The van der Waals surface area contributed by atoms with Crippen molar-refractivity contribution in [3.63, 3.8) is 0 Å². The van der Waals surface area contributed by atoms with Crippen LogP contribution in [0.3, 0.4) is 0 Å². The fourth-order valence-electron chi connectivity index (χ4n) is 2.91. The predicted octanol–water partition coefficient (Wildman–Crippen LogP) is 2.67. The summed E-state index contributed by atoms with van der Waals surface area (Å²) >= 11 is 0. The van der Waals surface area contributed by atoms with Crippen LogP contribution in [0.5, 0.6) is 5.75 Å². The molecule has 23 heavy (non-hydrogen) atoms. The van der Waals surface area contributed by atoms with E-state index in [2.05, 4.69) is 9.97 Å². The molecular weight excluding hydrogens is 299 g/mol. The minimum atomic E-state index is -1.69.